The molecule has 0 amide bonds. The zero-order valence-electron chi connectivity index (χ0n) is 20.0. The summed E-state index contributed by atoms with van der Waals surface area (Å²) in [6.45, 7) is 4.74. The van der Waals surface area contributed by atoms with Gasteiger partial charge >= 0.3 is 0 Å². The molecule has 0 radical (unpaired) electrons. The molecule has 0 unspecified atom stereocenters. The zero-order chi connectivity index (χ0) is 23.8. The van der Waals surface area contributed by atoms with E-state index in [0.717, 1.165) is 18.4 Å². The maximum absolute atomic E-state index is 4.74. The summed E-state index contributed by atoms with van der Waals surface area (Å²) in [5.41, 5.74) is 14.8. The van der Waals surface area contributed by atoms with E-state index in [2.05, 4.69) is 109 Å². The molecule has 0 atom stereocenters. The number of benzene rings is 6. The van der Waals surface area contributed by atoms with Crippen LogP contribution in [-0.2, 0) is 12.8 Å². The Morgan fingerprint density at radius 1 is 0.444 bits per heavy atom. The average Bonchev–Trinajstić information content (AvgIpc) is 3.50. The van der Waals surface area contributed by atoms with Gasteiger partial charge in [-0.2, -0.15) is 0 Å². The highest BCUT2D eigenvalue weighted by Gasteiger charge is 2.25. The molecule has 0 aliphatic heterocycles. The lowest BCUT2D eigenvalue weighted by Crippen LogP contribution is -1.96. The van der Waals surface area contributed by atoms with Gasteiger partial charge in [-0.15, -0.1) is 0 Å². The van der Waals surface area contributed by atoms with Crippen LogP contribution in [0.3, 0.4) is 0 Å². The third kappa shape index (κ3) is 2.64. The predicted octanol–water partition coefficient (Wildman–Crippen LogP) is 9.20. The fourth-order valence-corrected chi connectivity index (χ4v) is 6.68. The second kappa shape index (κ2) is 7.29. The van der Waals surface area contributed by atoms with E-state index in [-0.39, 0.29) is 0 Å². The maximum atomic E-state index is 4.74. The van der Waals surface area contributed by atoms with E-state index in [1.165, 1.54) is 77.2 Å². The van der Waals surface area contributed by atoms with Crippen LogP contribution < -0.4 is 0 Å². The van der Waals surface area contributed by atoms with Crippen LogP contribution in [0.4, 0.5) is 0 Å². The minimum atomic E-state index is 0.980. The molecular weight excluding hydrogens is 432 g/mol. The van der Waals surface area contributed by atoms with Gasteiger partial charge in [0.15, 0.2) is 0 Å². The summed E-state index contributed by atoms with van der Waals surface area (Å²) in [5.74, 6) is 0. The topological polar surface area (TPSA) is 0 Å². The van der Waals surface area contributed by atoms with Gasteiger partial charge in [-0.1, -0.05) is 116 Å². The van der Waals surface area contributed by atoms with Crippen LogP contribution in [0.5, 0.6) is 0 Å². The number of hydrogen-bond acceptors (Lipinski definition) is 0. The molecule has 0 aromatic heterocycles. The molecule has 0 heterocycles. The second-order valence-electron chi connectivity index (χ2n) is 10.1. The first kappa shape index (κ1) is 19.8. The molecule has 0 spiro atoms. The first-order chi connectivity index (χ1) is 17.8. The molecule has 0 fully saturated rings. The minimum Gasteiger partial charge on any atom is -0.0905 e. The predicted molar refractivity (Wildman–Crippen MR) is 153 cm³/mol. The van der Waals surface area contributed by atoms with E-state index >= 15 is 0 Å². The van der Waals surface area contributed by atoms with Crippen molar-refractivity contribution >= 4 is 27.1 Å². The van der Waals surface area contributed by atoms with Crippen molar-refractivity contribution in [1.29, 1.82) is 0 Å². The van der Waals surface area contributed by atoms with E-state index < -0.39 is 0 Å². The van der Waals surface area contributed by atoms with Gasteiger partial charge in [0.2, 0.25) is 0 Å². The molecule has 6 aromatic rings. The second-order valence-corrected chi connectivity index (χ2v) is 10.1. The van der Waals surface area contributed by atoms with E-state index in [1.807, 2.05) is 0 Å². The van der Waals surface area contributed by atoms with Gasteiger partial charge in [0.25, 0.3) is 0 Å². The molecule has 2 aliphatic rings. The van der Waals surface area contributed by atoms with Crippen molar-refractivity contribution in [2.24, 2.45) is 0 Å². The fourth-order valence-electron chi connectivity index (χ4n) is 6.68. The van der Waals surface area contributed by atoms with Gasteiger partial charge in [0.05, 0.1) is 0 Å². The minimum absolute atomic E-state index is 0.980. The van der Waals surface area contributed by atoms with Crippen LogP contribution >= 0.6 is 0 Å². The third-order valence-corrected chi connectivity index (χ3v) is 8.31. The molecule has 0 heteroatoms. The first-order valence-corrected chi connectivity index (χ1v) is 12.7. The van der Waals surface area contributed by atoms with Gasteiger partial charge in [0, 0.05) is 0 Å². The molecule has 36 heavy (non-hydrogen) atoms. The standard InChI is InChI=1S/C36H24/c1-22(27-14-6-10-23-16-18-31-29-12-4-2-8-25(29)20-33(31)35(23)27)28-15-7-11-24-17-19-32-30-13-5-3-9-26(30)21-34(32)36(24)28/h2-19H,1,20-21H2. The van der Waals surface area contributed by atoms with E-state index in [1.54, 1.807) is 0 Å². The Kier molecular flexibility index (Phi) is 4.02. The van der Waals surface area contributed by atoms with Crippen LogP contribution in [0.2, 0.25) is 0 Å². The van der Waals surface area contributed by atoms with Crippen LogP contribution in [0.25, 0.3) is 49.4 Å². The Balaban J connectivity index is 1.37. The summed E-state index contributed by atoms with van der Waals surface area (Å²) in [6.07, 6.45) is 1.96. The summed E-state index contributed by atoms with van der Waals surface area (Å²) in [6, 6.07) is 40.2. The summed E-state index contributed by atoms with van der Waals surface area (Å²) < 4.78 is 0. The van der Waals surface area contributed by atoms with Crippen molar-refractivity contribution in [3.8, 4) is 22.3 Å². The fraction of sp³-hybridized carbons (Fsp3) is 0.0556. The van der Waals surface area contributed by atoms with Gasteiger partial charge in [-0.25, -0.2) is 0 Å². The van der Waals surface area contributed by atoms with Crippen LogP contribution in [0.15, 0.2) is 116 Å². The van der Waals surface area contributed by atoms with Crippen LogP contribution in [0, 0.1) is 0 Å². The van der Waals surface area contributed by atoms with Crippen molar-refractivity contribution < 1.29 is 0 Å². The molecule has 0 N–H and O–H groups in total. The van der Waals surface area contributed by atoms with Gasteiger partial charge in [-0.05, 0) is 95.6 Å². The van der Waals surface area contributed by atoms with E-state index in [0.29, 0.717) is 0 Å². The lowest BCUT2D eigenvalue weighted by molar-refractivity contribution is 1.28. The molecular formula is C36H24. The number of hydrogen-bond donors (Lipinski definition) is 0. The Morgan fingerprint density at radius 3 is 1.42 bits per heavy atom. The molecule has 2 aliphatic carbocycles. The van der Waals surface area contributed by atoms with Crippen molar-refractivity contribution in [3.05, 3.63) is 149 Å². The molecule has 168 valence electrons. The van der Waals surface area contributed by atoms with Crippen LogP contribution in [-0.4, -0.2) is 0 Å². The van der Waals surface area contributed by atoms with Crippen molar-refractivity contribution in [2.45, 2.75) is 12.8 Å². The smallest absolute Gasteiger partial charge is 0.000706 e. The molecule has 0 nitrogen and oxygen atoms in total. The van der Waals surface area contributed by atoms with Gasteiger partial charge in [-0.3, -0.25) is 0 Å². The van der Waals surface area contributed by atoms with Crippen molar-refractivity contribution in [3.63, 3.8) is 0 Å². The Bertz CT molecular complexity index is 1760. The van der Waals surface area contributed by atoms with Gasteiger partial charge < -0.3 is 0 Å². The first-order valence-electron chi connectivity index (χ1n) is 12.7. The lowest BCUT2D eigenvalue weighted by atomic mass is 9.86. The SMILES string of the molecule is C=C(c1cccc2ccc3c(c12)Cc1ccccc1-3)c1cccc2ccc3c(c12)Cc1ccccc1-3. The summed E-state index contributed by atoms with van der Waals surface area (Å²) in [5, 5.41) is 5.28. The Labute approximate surface area is 211 Å². The molecule has 0 saturated carbocycles. The maximum Gasteiger partial charge on any atom is -0.000706 e. The van der Waals surface area contributed by atoms with Crippen LogP contribution in [0.1, 0.15) is 33.4 Å². The Hall–Kier alpha value is -4.42. The highest BCUT2D eigenvalue weighted by molar-refractivity contribution is 6.09. The zero-order valence-corrected chi connectivity index (χ0v) is 20.0. The highest BCUT2D eigenvalue weighted by atomic mass is 14.3. The highest BCUT2D eigenvalue weighted by Crippen LogP contribution is 2.46. The average molecular weight is 457 g/mol. The number of fused-ring (bicyclic) bond motifs is 10. The monoisotopic (exact) mass is 456 g/mol. The summed E-state index contributed by atoms with van der Waals surface area (Å²) in [7, 11) is 0. The van der Waals surface area contributed by atoms with E-state index in [9.17, 15) is 0 Å². The largest absolute Gasteiger partial charge is 0.0905 e. The van der Waals surface area contributed by atoms with E-state index in [4.69, 9.17) is 6.58 Å². The molecule has 6 aromatic carbocycles. The van der Waals surface area contributed by atoms with Crippen molar-refractivity contribution in [2.75, 3.05) is 0 Å². The quantitative estimate of drug-likeness (QED) is 0.243. The Morgan fingerprint density at radius 2 is 0.917 bits per heavy atom. The third-order valence-electron chi connectivity index (χ3n) is 8.31. The number of rotatable bonds is 2. The normalized spacial score (nSPS) is 12.9. The summed E-state index contributed by atoms with van der Waals surface area (Å²) in [4.78, 5) is 0. The molecule has 0 saturated heterocycles. The molecule has 0 bridgehead atoms. The van der Waals surface area contributed by atoms with Gasteiger partial charge in [0.1, 0.15) is 0 Å². The molecule has 8 rings (SSSR count). The van der Waals surface area contributed by atoms with Crippen molar-refractivity contribution in [1.82, 2.24) is 0 Å². The summed E-state index contributed by atoms with van der Waals surface area (Å²) >= 11 is 0. The lowest BCUT2D eigenvalue weighted by Gasteiger charge is -2.17.